The SMILES string of the molecule is Cc1cc(C)n(C)c(=O)c1C(=O)N1CCN(C2CCCC2)C(=O)C1. The van der Waals surface area contributed by atoms with Crippen LogP contribution in [0.5, 0.6) is 0 Å². The molecule has 2 heterocycles. The number of carbonyl (C=O) groups excluding carboxylic acids is 2. The summed E-state index contributed by atoms with van der Waals surface area (Å²) in [6, 6.07) is 2.18. The van der Waals surface area contributed by atoms with Crippen molar-refractivity contribution in [2.24, 2.45) is 7.05 Å². The zero-order valence-electron chi connectivity index (χ0n) is 14.7. The molecule has 1 saturated heterocycles. The number of carbonyl (C=O) groups is 2. The third-order valence-corrected chi connectivity index (χ3v) is 5.39. The van der Waals surface area contributed by atoms with Crippen molar-refractivity contribution in [3.8, 4) is 0 Å². The topological polar surface area (TPSA) is 62.6 Å². The highest BCUT2D eigenvalue weighted by molar-refractivity contribution is 5.98. The molecule has 0 unspecified atom stereocenters. The molecule has 6 heteroatoms. The van der Waals surface area contributed by atoms with Crippen molar-refractivity contribution >= 4 is 11.8 Å². The Morgan fingerprint density at radius 2 is 1.79 bits per heavy atom. The van der Waals surface area contributed by atoms with Gasteiger partial charge in [-0.25, -0.2) is 0 Å². The van der Waals surface area contributed by atoms with Crippen LogP contribution in [0.25, 0.3) is 0 Å². The first-order valence-corrected chi connectivity index (χ1v) is 8.66. The van der Waals surface area contributed by atoms with E-state index < -0.39 is 0 Å². The molecule has 0 radical (unpaired) electrons. The molecular weight excluding hydrogens is 306 g/mol. The van der Waals surface area contributed by atoms with Crippen LogP contribution in [0.1, 0.15) is 47.3 Å². The number of aryl methyl sites for hydroxylation is 2. The molecule has 0 N–H and O–H groups in total. The van der Waals surface area contributed by atoms with Gasteiger partial charge in [-0.15, -0.1) is 0 Å². The van der Waals surface area contributed by atoms with E-state index in [1.54, 1.807) is 14.0 Å². The van der Waals surface area contributed by atoms with Crippen LogP contribution in [0.3, 0.4) is 0 Å². The monoisotopic (exact) mass is 331 g/mol. The number of aromatic nitrogens is 1. The summed E-state index contributed by atoms with van der Waals surface area (Å²) in [6.45, 7) is 4.76. The van der Waals surface area contributed by atoms with Crippen molar-refractivity contribution in [1.29, 1.82) is 0 Å². The molecule has 1 aromatic heterocycles. The van der Waals surface area contributed by atoms with Crippen LogP contribution in [0, 0.1) is 13.8 Å². The summed E-state index contributed by atoms with van der Waals surface area (Å²) < 4.78 is 1.48. The molecule has 0 bridgehead atoms. The van der Waals surface area contributed by atoms with Crippen LogP contribution in [0.4, 0.5) is 0 Å². The van der Waals surface area contributed by atoms with Gasteiger partial charge in [0.05, 0.1) is 0 Å². The average Bonchev–Trinajstić information content (AvgIpc) is 3.06. The van der Waals surface area contributed by atoms with Crippen LogP contribution >= 0.6 is 0 Å². The van der Waals surface area contributed by atoms with E-state index in [0.29, 0.717) is 24.7 Å². The van der Waals surface area contributed by atoms with Gasteiger partial charge < -0.3 is 14.4 Å². The number of hydrogen-bond acceptors (Lipinski definition) is 3. The zero-order valence-corrected chi connectivity index (χ0v) is 14.7. The Hall–Kier alpha value is -2.11. The normalized spacial score (nSPS) is 19.2. The number of piperazine rings is 1. The second-order valence-corrected chi connectivity index (χ2v) is 6.96. The van der Waals surface area contributed by atoms with Crippen molar-refractivity contribution in [2.45, 2.75) is 45.6 Å². The van der Waals surface area contributed by atoms with Crippen molar-refractivity contribution in [2.75, 3.05) is 19.6 Å². The second-order valence-electron chi connectivity index (χ2n) is 6.96. The minimum Gasteiger partial charge on any atom is -0.336 e. The molecule has 130 valence electrons. The van der Waals surface area contributed by atoms with Crippen molar-refractivity contribution in [3.63, 3.8) is 0 Å². The molecule has 2 aliphatic rings. The predicted molar refractivity (Wildman–Crippen MR) is 91.0 cm³/mol. The Bertz CT molecular complexity index is 732. The highest BCUT2D eigenvalue weighted by atomic mass is 16.2. The van der Waals surface area contributed by atoms with E-state index in [4.69, 9.17) is 0 Å². The van der Waals surface area contributed by atoms with Gasteiger partial charge in [-0.2, -0.15) is 0 Å². The molecule has 1 aromatic rings. The lowest BCUT2D eigenvalue weighted by atomic mass is 10.1. The van der Waals surface area contributed by atoms with Gasteiger partial charge in [-0.3, -0.25) is 14.4 Å². The molecule has 24 heavy (non-hydrogen) atoms. The minimum atomic E-state index is -0.326. The Morgan fingerprint density at radius 1 is 1.12 bits per heavy atom. The highest BCUT2D eigenvalue weighted by Gasteiger charge is 2.34. The summed E-state index contributed by atoms with van der Waals surface area (Å²) in [4.78, 5) is 41.2. The quantitative estimate of drug-likeness (QED) is 0.819. The maximum Gasteiger partial charge on any atom is 0.263 e. The van der Waals surface area contributed by atoms with E-state index in [2.05, 4.69) is 0 Å². The van der Waals surface area contributed by atoms with Crippen LogP contribution in [-0.2, 0) is 11.8 Å². The highest BCUT2D eigenvalue weighted by Crippen LogP contribution is 2.25. The van der Waals surface area contributed by atoms with E-state index in [1.165, 1.54) is 22.3 Å². The summed E-state index contributed by atoms with van der Waals surface area (Å²) in [5.41, 5.74) is 1.39. The molecule has 1 aliphatic carbocycles. The zero-order chi connectivity index (χ0) is 17.4. The molecule has 0 spiro atoms. The van der Waals surface area contributed by atoms with Gasteiger partial charge in [-0.1, -0.05) is 12.8 Å². The summed E-state index contributed by atoms with van der Waals surface area (Å²) in [5.74, 6) is -0.324. The third kappa shape index (κ3) is 2.85. The maximum absolute atomic E-state index is 12.8. The Kier molecular flexibility index (Phi) is 4.47. The van der Waals surface area contributed by atoms with Crippen LogP contribution in [0.15, 0.2) is 10.9 Å². The van der Waals surface area contributed by atoms with E-state index in [9.17, 15) is 14.4 Å². The predicted octanol–water partition coefficient (Wildman–Crippen LogP) is 1.23. The van der Waals surface area contributed by atoms with Gasteiger partial charge >= 0.3 is 0 Å². The Morgan fingerprint density at radius 3 is 2.42 bits per heavy atom. The molecule has 0 atom stereocenters. The first kappa shape index (κ1) is 16.7. The molecule has 2 fully saturated rings. The molecule has 1 aliphatic heterocycles. The molecular formula is C18H25N3O3. The third-order valence-electron chi connectivity index (χ3n) is 5.39. The van der Waals surface area contributed by atoms with Gasteiger partial charge in [-0.05, 0) is 38.3 Å². The summed E-state index contributed by atoms with van der Waals surface area (Å²) in [5, 5.41) is 0. The van der Waals surface area contributed by atoms with E-state index in [1.807, 2.05) is 17.9 Å². The minimum absolute atomic E-state index is 0.00286. The molecule has 2 amide bonds. The van der Waals surface area contributed by atoms with E-state index in [0.717, 1.165) is 18.5 Å². The lowest BCUT2D eigenvalue weighted by Crippen LogP contribution is -2.55. The fraction of sp³-hybridized carbons (Fsp3) is 0.611. The average molecular weight is 331 g/mol. The molecule has 0 aromatic carbocycles. The lowest BCUT2D eigenvalue weighted by Gasteiger charge is -2.37. The van der Waals surface area contributed by atoms with Gasteiger partial charge in [0.1, 0.15) is 12.1 Å². The summed E-state index contributed by atoms with van der Waals surface area (Å²) in [7, 11) is 1.66. The van der Waals surface area contributed by atoms with Gasteiger partial charge in [0, 0.05) is 31.9 Å². The number of hydrogen-bond donors (Lipinski definition) is 0. The van der Waals surface area contributed by atoms with Gasteiger partial charge in [0.2, 0.25) is 5.91 Å². The van der Waals surface area contributed by atoms with E-state index >= 15 is 0 Å². The molecule has 6 nitrogen and oxygen atoms in total. The number of nitrogens with zero attached hydrogens (tertiary/aromatic N) is 3. The lowest BCUT2D eigenvalue weighted by molar-refractivity contribution is -0.137. The van der Waals surface area contributed by atoms with Gasteiger partial charge in [0.25, 0.3) is 11.5 Å². The van der Waals surface area contributed by atoms with Crippen LogP contribution in [-0.4, -0.2) is 51.9 Å². The fourth-order valence-corrected chi connectivity index (χ4v) is 3.86. The van der Waals surface area contributed by atoms with Gasteiger partial charge in [0.15, 0.2) is 0 Å². The fourth-order valence-electron chi connectivity index (χ4n) is 3.86. The maximum atomic E-state index is 12.8. The smallest absolute Gasteiger partial charge is 0.263 e. The number of amides is 2. The standard InChI is InChI=1S/C18H25N3O3/c1-12-10-13(2)19(3)17(23)16(12)18(24)20-8-9-21(15(22)11-20)14-6-4-5-7-14/h10,14H,4-9,11H2,1-3H3. The molecule has 1 saturated carbocycles. The van der Waals surface area contributed by atoms with Crippen LogP contribution in [0.2, 0.25) is 0 Å². The number of pyridine rings is 1. The summed E-state index contributed by atoms with van der Waals surface area (Å²) in [6.07, 6.45) is 4.49. The summed E-state index contributed by atoms with van der Waals surface area (Å²) >= 11 is 0. The van der Waals surface area contributed by atoms with Crippen molar-refractivity contribution in [3.05, 3.63) is 33.2 Å². The second kappa shape index (κ2) is 6.42. The Balaban J connectivity index is 1.79. The van der Waals surface area contributed by atoms with Crippen molar-refractivity contribution < 1.29 is 9.59 Å². The van der Waals surface area contributed by atoms with Crippen LogP contribution < -0.4 is 5.56 Å². The first-order chi connectivity index (χ1) is 11.4. The molecule has 3 rings (SSSR count). The number of rotatable bonds is 2. The van der Waals surface area contributed by atoms with E-state index in [-0.39, 0.29) is 29.5 Å². The Labute approximate surface area is 142 Å². The largest absolute Gasteiger partial charge is 0.336 e. The first-order valence-electron chi connectivity index (χ1n) is 8.66. The van der Waals surface area contributed by atoms with Crippen molar-refractivity contribution in [1.82, 2.24) is 14.4 Å².